The molecule has 0 atom stereocenters. The number of hydrogen-bond acceptors (Lipinski definition) is 3. The number of carbonyl (C=O) groups is 1. The summed E-state index contributed by atoms with van der Waals surface area (Å²) in [5, 5.41) is 0. The number of hydrogen-bond donors (Lipinski definition) is 0. The third-order valence-electron chi connectivity index (χ3n) is 4.78. The molecule has 0 bridgehead atoms. The second-order valence-electron chi connectivity index (χ2n) is 7.79. The summed E-state index contributed by atoms with van der Waals surface area (Å²) >= 11 is 0. The first kappa shape index (κ1) is 20.0. The molecule has 0 aliphatic carbocycles. The number of benzene rings is 3. The summed E-state index contributed by atoms with van der Waals surface area (Å²) in [5.74, 6) is -0.0322. The molecule has 3 aromatic carbocycles. The van der Waals surface area contributed by atoms with Gasteiger partial charge in [0.1, 0.15) is 11.2 Å². The van der Waals surface area contributed by atoms with Crippen LogP contribution in [-0.2, 0) is 21.0 Å². The second-order valence-corrected chi connectivity index (χ2v) is 7.79. The maximum absolute atomic E-state index is 13.0. The Kier molecular flexibility index (Phi) is 5.78. The summed E-state index contributed by atoms with van der Waals surface area (Å²) < 4.78 is 0. The van der Waals surface area contributed by atoms with E-state index in [-0.39, 0.29) is 5.78 Å². The average molecular weight is 374 g/mol. The molecule has 0 saturated carbocycles. The molecule has 0 N–H and O–H groups in total. The van der Waals surface area contributed by atoms with Crippen LogP contribution in [0.1, 0.15) is 54.7 Å². The molecule has 28 heavy (non-hydrogen) atoms. The zero-order chi connectivity index (χ0) is 20.2. The van der Waals surface area contributed by atoms with E-state index in [4.69, 9.17) is 9.78 Å². The van der Waals surface area contributed by atoms with E-state index in [2.05, 4.69) is 0 Å². The molecule has 0 aromatic heterocycles. The number of rotatable bonds is 7. The molecule has 0 radical (unpaired) electrons. The van der Waals surface area contributed by atoms with Crippen molar-refractivity contribution in [2.75, 3.05) is 0 Å². The molecule has 0 saturated heterocycles. The molecule has 3 rings (SSSR count). The van der Waals surface area contributed by atoms with Gasteiger partial charge in [-0.1, -0.05) is 84.9 Å². The van der Waals surface area contributed by atoms with E-state index in [1.54, 1.807) is 0 Å². The van der Waals surface area contributed by atoms with Crippen molar-refractivity contribution >= 4 is 5.78 Å². The third-order valence-corrected chi connectivity index (χ3v) is 4.78. The van der Waals surface area contributed by atoms with Crippen molar-refractivity contribution in [3.63, 3.8) is 0 Å². The van der Waals surface area contributed by atoms with Crippen LogP contribution in [0.25, 0.3) is 0 Å². The Hall–Kier alpha value is -2.75. The molecular formula is C25H26O3. The van der Waals surface area contributed by atoms with Crippen LogP contribution in [0.5, 0.6) is 0 Å². The van der Waals surface area contributed by atoms with Crippen molar-refractivity contribution in [2.45, 2.75) is 38.9 Å². The Bertz CT molecular complexity index is 928. The molecule has 0 amide bonds. The SMILES string of the molecule is CC(C)(OOC(C)(C)c1ccccc1C(=O)c1ccccc1)c1ccccc1. The molecule has 3 aromatic rings. The van der Waals surface area contributed by atoms with E-state index >= 15 is 0 Å². The highest BCUT2D eigenvalue weighted by Gasteiger charge is 2.32. The largest absolute Gasteiger partial charge is 0.289 e. The fraction of sp³-hybridized carbons (Fsp3) is 0.240. The molecule has 0 heterocycles. The number of carbonyl (C=O) groups excluding carboxylic acids is 1. The Morgan fingerprint density at radius 1 is 0.643 bits per heavy atom. The lowest BCUT2D eigenvalue weighted by atomic mass is 9.89. The first-order valence-electron chi connectivity index (χ1n) is 9.43. The maximum Gasteiger partial charge on any atom is 0.193 e. The van der Waals surface area contributed by atoms with Crippen LogP contribution in [0.3, 0.4) is 0 Å². The summed E-state index contributed by atoms with van der Waals surface area (Å²) in [7, 11) is 0. The van der Waals surface area contributed by atoms with Gasteiger partial charge in [0.25, 0.3) is 0 Å². The summed E-state index contributed by atoms with van der Waals surface area (Å²) in [6, 6.07) is 26.7. The van der Waals surface area contributed by atoms with Crippen molar-refractivity contribution in [2.24, 2.45) is 0 Å². The smallest absolute Gasteiger partial charge is 0.193 e. The lowest BCUT2D eigenvalue weighted by Gasteiger charge is -2.32. The predicted octanol–water partition coefficient (Wildman–Crippen LogP) is 6.04. The topological polar surface area (TPSA) is 35.5 Å². The van der Waals surface area contributed by atoms with Crippen LogP contribution in [0, 0.1) is 0 Å². The van der Waals surface area contributed by atoms with Gasteiger partial charge in [-0.25, -0.2) is 9.78 Å². The van der Waals surface area contributed by atoms with Gasteiger partial charge < -0.3 is 0 Å². The van der Waals surface area contributed by atoms with E-state index in [0.717, 1.165) is 11.1 Å². The Morgan fingerprint density at radius 3 is 1.79 bits per heavy atom. The highest BCUT2D eigenvalue weighted by Crippen LogP contribution is 2.33. The summed E-state index contributed by atoms with van der Waals surface area (Å²) in [4.78, 5) is 24.8. The van der Waals surface area contributed by atoms with Gasteiger partial charge >= 0.3 is 0 Å². The molecule has 3 nitrogen and oxygen atoms in total. The molecular weight excluding hydrogens is 348 g/mol. The van der Waals surface area contributed by atoms with Crippen molar-refractivity contribution < 1.29 is 14.6 Å². The summed E-state index contributed by atoms with van der Waals surface area (Å²) in [6.45, 7) is 7.73. The van der Waals surface area contributed by atoms with Crippen LogP contribution >= 0.6 is 0 Å². The summed E-state index contributed by atoms with van der Waals surface area (Å²) in [5.41, 5.74) is 1.62. The van der Waals surface area contributed by atoms with Crippen molar-refractivity contribution in [3.8, 4) is 0 Å². The number of ketones is 1. The normalized spacial score (nSPS) is 12.0. The van der Waals surface area contributed by atoms with E-state index in [9.17, 15) is 4.79 Å². The zero-order valence-corrected chi connectivity index (χ0v) is 16.8. The minimum atomic E-state index is -0.812. The minimum absolute atomic E-state index is 0.0322. The molecule has 3 heteroatoms. The van der Waals surface area contributed by atoms with Crippen molar-refractivity contribution in [1.82, 2.24) is 0 Å². The molecule has 0 spiro atoms. The van der Waals surface area contributed by atoms with Crippen LogP contribution in [0.4, 0.5) is 0 Å². The molecule has 0 unspecified atom stereocenters. The van der Waals surface area contributed by atoms with Gasteiger partial charge in [0.05, 0.1) is 0 Å². The predicted molar refractivity (Wildman–Crippen MR) is 111 cm³/mol. The Labute approximate surface area is 166 Å². The monoisotopic (exact) mass is 374 g/mol. The zero-order valence-electron chi connectivity index (χ0n) is 16.8. The lowest BCUT2D eigenvalue weighted by molar-refractivity contribution is -0.410. The van der Waals surface area contributed by atoms with Crippen LogP contribution in [0.15, 0.2) is 84.9 Å². The van der Waals surface area contributed by atoms with Crippen LogP contribution in [-0.4, -0.2) is 5.78 Å². The van der Waals surface area contributed by atoms with Gasteiger partial charge in [-0.2, -0.15) is 0 Å². The minimum Gasteiger partial charge on any atom is -0.289 e. The highest BCUT2D eigenvalue weighted by atomic mass is 17.2. The van der Waals surface area contributed by atoms with E-state index in [1.807, 2.05) is 113 Å². The Balaban J connectivity index is 1.85. The summed E-state index contributed by atoms with van der Waals surface area (Å²) in [6.07, 6.45) is 0. The standard InChI is InChI=1S/C25H26O3/c1-24(2,20-15-9-6-10-16-20)27-28-25(3,4)22-18-12-11-17-21(22)23(26)19-13-7-5-8-14-19/h5-18H,1-4H3. The third kappa shape index (κ3) is 4.38. The van der Waals surface area contributed by atoms with E-state index in [0.29, 0.717) is 11.1 Å². The van der Waals surface area contributed by atoms with Gasteiger partial charge in [0.15, 0.2) is 5.78 Å². The first-order valence-corrected chi connectivity index (χ1v) is 9.43. The van der Waals surface area contributed by atoms with Crippen LogP contribution < -0.4 is 0 Å². The Morgan fingerprint density at radius 2 is 1.14 bits per heavy atom. The van der Waals surface area contributed by atoms with Gasteiger partial charge in [0, 0.05) is 11.1 Å². The maximum atomic E-state index is 13.0. The fourth-order valence-electron chi connectivity index (χ4n) is 3.09. The van der Waals surface area contributed by atoms with Crippen molar-refractivity contribution in [1.29, 1.82) is 0 Å². The van der Waals surface area contributed by atoms with Gasteiger partial charge in [-0.05, 0) is 38.8 Å². The highest BCUT2D eigenvalue weighted by molar-refractivity contribution is 6.10. The molecule has 0 fully saturated rings. The van der Waals surface area contributed by atoms with Gasteiger partial charge in [-0.3, -0.25) is 4.79 Å². The van der Waals surface area contributed by atoms with E-state index < -0.39 is 11.2 Å². The molecule has 0 aliphatic heterocycles. The van der Waals surface area contributed by atoms with Gasteiger partial charge in [0.2, 0.25) is 0 Å². The quantitative estimate of drug-likeness (QED) is 0.287. The van der Waals surface area contributed by atoms with Crippen LogP contribution in [0.2, 0.25) is 0 Å². The fourth-order valence-corrected chi connectivity index (χ4v) is 3.09. The molecule has 144 valence electrons. The van der Waals surface area contributed by atoms with E-state index in [1.165, 1.54) is 0 Å². The van der Waals surface area contributed by atoms with Gasteiger partial charge in [-0.15, -0.1) is 0 Å². The molecule has 0 aliphatic rings. The average Bonchev–Trinajstić information content (AvgIpc) is 2.73. The second kappa shape index (κ2) is 8.09. The first-order chi connectivity index (χ1) is 13.3. The lowest BCUT2D eigenvalue weighted by Crippen LogP contribution is -2.31. The van der Waals surface area contributed by atoms with Crippen molar-refractivity contribution in [3.05, 3.63) is 107 Å².